The maximum Gasteiger partial charge on any atom is 0.249 e. The predicted molar refractivity (Wildman–Crippen MR) is 137 cm³/mol. The van der Waals surface area contributed by atoms with Gasteiger partial charge >= 0.3 is 0 Å². The lowest BCUT2D eigenvalue weighted by Crippen LogP contribution is -2.54. The van der Waals surface area contributed by atoms with Crippen LogP contribution in [0.1, 0.15) is 52.6 Å². The van der Waals surface area contributed by atoms with Crippen molar-refractivity contribution in [2.45, 2.75) is 53.2 Å². The zero-order valence-corrected chi connectivity index (χ0v) is 20.5. The van der Waals surface area contributed by atoms with Crippen LogP contribution in [-0.4, -0.2) is 38.4 Å². The van der Waals surface area contributed by atoms with Crippen LogP contribution in [0, 0.1) is 0 Å². The van der Waals surface area contributed by atoms with E-state index in [0.29, 0.717) is 18.6 Å². The highest BCUT2D eigenvalue weighted by Gasteiger charge is 2.28. The Labute approximate surface area is 198 Å². The topological polar surface area (TPSA) is 63.2 Å². The molecule has 3 rings (SSSR count). The molecule has 0 radical (unpaired) electrons. The molecular formula is C27H37N3O3. The zero-order valence-electron chi connectivity index (χ0n) is 20.5. The Morgan fingerprint density at radius 3 is 2.27 bits per heavy atom. The molecular weight excluding hydrogens is 414 g/mol. The van der Waals surface area contributed by atoms with E-state index in [1.807, 2.05) is 71.0 Å². The summed E-state index contributed by atoms with van der Waals surface area (Å²) in [5.74, 6) is 1.61. The van der Waals surface area contributed by atoms with Gasteiger partial charge in [0.05, 0.1) is 25.7 Å². The molecule has 0 aromatic heterocycles. The third kappa shape index (κ3) is 7.38. The summed E-state index contributed by atoms with van der Waals surface area (Å²) in [6.07, 6.45) is 2.28. The highest BCUT2D eigenvalue weighted by molar-refractivity contribution is 5.93. The van der Waals surface area contributed by atoms with Crippen molar-refractivity contribution in [3.05, 3.63) is 65.9 Å². The summed E-state index contributed by atoms with van der Waals surface area (Å²) in [5, 5.41) is 3.00. The fourth-order valence-corrected chi connectivity index (χ4v) is 3.46. The maximum absolute atomic E-state index is 12.3. The summed E-state index contributed by atoms with van der Waals surface area (Å²) in [5.41, 5.74) is 2.81. The van der Waals surface area contributed by atoms with E-state index in [9.17, 15) is 4.79 Å². The van der Waals surface area contributed by atoms with E-state index in [-0.39, 0.29) is 18.1 Å². The van der Waals surface area contributed by atoms with Crippen LogP contribution in [0.15, 0.2) is 65.3 Å². The number of aliphatic imine (C=N–C) groups is 1. The van der Waals surface area contributed by atoms with Crippen LogP contribution in [0.2, 0.25) is 0 Å². The minimum atomic E-state index is -0.119. The largest absolute Gasteiger partial charge is 0.494 e. The number of hydrogen-bond donors (Lipinski definition) is 1. The molecule has 1 aliphatic heterocycles. The Morgan fingerprint density at radius 1 is 1.12 bits per heavy atom. The number of anilines is 1. The summed E-state index contributed by atoms with van der Waals surface area (Å²) < 4.78 is 11.6. The van der Waals surface area contributed by atoms with Gasteiger partial charge in [0.25, 0.3) is 0 Å². The molecule has 1 atom stereocenters. The van der Waals surface area contributed by atoms with E-state index in [1.165, 1.54) is 11.9 Å². The maximum atomic E-state index is 12.3. The van der Waals surface area contributed by atoms with Gasteiger partial charge in [-0.05, 0) is 68.9 Å². The lowest BCUT2D eigenvalue weighted by atomic mass is 10.1. The Balaban J connectivity index is 0.00000187. The van der Waals surface area contributed by atoms with Crippen molar-refractivity contribution in [3.63, 3.8) is 0 Å². The Bertz CT molecular complexity index is 901. The predicted octanol–water partition coefficient (Wildman–Crippen LogP) is 5.55. The van der Waals surface area contributed by atoms with Gasteiger partial charge < -0.3 is 19.7 Å². The van der Waals surface area contributed by atoms with E-state index in [1.54, 1.807) is 0 Å². The average molecular weight is 452 g/mol. The molecule has 6 heteroatoms. The molecule has 0 aliphatic carbocycles. The minimum absolute atomic E-state index is 0.111. The molecule has 1 heterocycles. The molecule has 178 valence electrons. The van der Waals surface area contributed by atoms with E-state index in [0.717, 1.165) is 30.2 Å². The number of carbonyl (C=O) groups is 1. The second kappa shape index (κ2) is 13.3. The molecule has 2 aromatic carbocycles. The van der Waals surface area contributed by atoms with Crippen molar-refractivity contribution in [3.8, 4) is 11.5 Å². The normalized spacial score (nSPS) is 14.3. The number of benzene rings is 2. The van der Waals surface area contributed by atoms with Crippen LogP contribution in [0.3, 0.4) is 0 Å². The van der Waals surface area contributed by atoms with Crippen LogP contribution >= 0.6 is 0 Å². The SMILES string of the molecule is C=N/C=C(\CC)C(=O)N[C@@H](C)c1ccc(OC2CN(c3ccc(OCC)cc3)C2)cc1.CC. The van der Waals surface area contributed by atoms with Crippen LogP contribution < -0.4 is 19.7 Å². The molecule has 1 fully saturated rings. The number of amides is 1. The first-order valence-electron chi connectivity index (χ1n) is 11.7. The van der Waals surface area contributed by atoms with Crippen LogP contribution in [0.4, 0.5) is 5.69 Å². The number of nitrogens with zero attached hydrogens (tertiary/aromatic N) is 2. The summed E-state index contributed by atoms with van der Waals surface area (Å²) in [6.45, 7) is 15.7. The molecule has 1 amide bonds. The molecule has 0 spiro atoms. The van der Waals surface area contributed by atoms with E-state index < -0.39 is 0 Å². The average Bonchev–Trinajstić information content (AvgIpc) is 2.82. The summed E-state index contributed by atoms with van der Waals surface area (Å²) >= 11 is 0. The third-order valence-corrected chi connectivity index (χ3v) is 5.31. The lowest BCUT2D eigenvalue weighted by molar-refractivity contribution is -0.118. The fraction of sp³-hybridized carbons (Fsp3) is 0.407. The van der Waals surface area contributed by atoms with Gasteiger partial charge in [0.1, 0.15) is 17.6 Å². The standard InChI is InChI=1S/C25H31N3O3.C2H6/c1-5-19(15-26-4)25(29)27-18(3)20-7-11-23(12-8-20)31-24-16-28(17-24)21-9-13-22(14-10-21)30-6-2;1-2/h7-15,18,24H,4-6,16-17H2,1-3H3,(H,27,29);1-2H3/b19-15+;/t18-;/m0./s1. The first kappa shape index (κ1) is 26.0. The van der Waals surface area contributed by atoms with Crippen LogP contribution in [-0.2, 0) is 4.79 Å². The van der Waals surface area contributed by atoms with Crippen molar-refractivity contribution in [2.24, 2.45) is 4.99 Å². The first-order chi connectivity index (χ1) is 16.0. The Kier molecular flexibility index (Phi) is 10.5. The van der Waals surface area contributed by atoms with Crippen LogP contribution in [0.25, 0.3) is 0 Å². The minimum Gasteiger partial charge on any atom is -0.494 e. The van der Waals surface area contributed by atoms with Gasteiger partial charge in [-0.2, -0.15) is 0 Å². The molecule has 1 N–H and O–H groups in total. The summed E-state index contributed by atoms with van der Waals surface area (Å²) in [6, 6.07) is 15.9. The van der Waals surface area contributed by atoms with Crippen molar-refractivity contribution >= 4 is 18.3 Å². The van der Waals surface area contributed by atoms with Gasteiger partial charge in [-0.25, -0.2) is 0 Å². The highest BCUT2D eigenvalue weighted by atomic mass is 16.5. The number of ether oxygens (including phenoxy) is 2. The van der Waals surface area contributed by atoms with Crippen molar-refractivity contribution in [1.29, 1.82) is 0 Å². The smallest absolute Gasteiger partial charge is 0.249 e. The molecule has 1 saturated heterocycles. The van der Waals surface area contributed by atoms with Crippen molar-refractivity contribution in [2.75, 3.05) is 24.6 Å². The quantitative estimate of drug-likeness (QED) is 0.380. The van der Waals surface area contributed by atoms with Crippen LogP contribution in [0.5, 0.6) is 11.5 Å². The molecule has 0 saturated carbocycles. The molecule has 33 heavy (non-hydrogen) atoms. The summed E-state index contributed by atoms with van der Waals surface area (Å²) in [4.78, 5) is 18.3. The molecule has 0 unspecified atom stereocenters. The number of rotatable bonds is 10. The van der Waals surface area contributed by atoms with E-state index in [4.69, 9.17) is 9.47 Å². The molecule has 2 aromatic rings. The van der Waals surface area contributed by atoms with Gasteiger partial charge in [-0.15, -0.1) is 0 Å². The van der Waals surface area contributed by atoms with Gasteiger partial charge in [-0.3, -0.25) is 9.79 Å². The number of nitrogens with one attached hydrogen (secondary N) is 1. The summed E-state index contributed by atoms with van der Waals surface area (Å²) in [7, 11) is 0. The second-order valence-electron chi connectivity index (χ2n) is 7.53. The molecule has 6 nitrogen and oxygen atoms in total. The Hall–Kier alpha value is -3.28. The highest BCUT2D eigenvalue weighted by Crippen LogP contribution is 2.27. The monoisotopic (exact) mass is 451 g/mol. The lowest BCUT2D eigenvalue weighted by Gasteiger charge is -2.40. The molecule has 1 aliphatic rings. The van der Waals surface area contributed by atoms with E-state index in [2.05, 4.69) is 34.1 Å². The van der Waals surface area contributed by atoms with Gasteiger partial charge in [0.15, 0.2) is 0 Å². The Morgan fingerprint density at radius 2 is 1.73 bits per heavy atom. The van der Waals surface area contributed by atoms with Gasteiger partial charge in [0.2, 0.25) is 5.91 Å². The number of carbonyl (C=O) groups excluding carboxylic acids is 1. The first-order valence-corrected chi connectivity index (χ1v) is 11.7. The van der Waals surface area contributed by atoms with E-state index >= 15 is 0 Å². The fourth-order valence-electron chi connectivity index (χ4n) is 3.46. The van der Waals surface area contributed by atoms with Crippen molar-refractivity contribution in [1.82, 2.24) is 5.32 Å². The zero-order chi connectivity index (χ0) is 24.2. The van der Waals surface area contributed by atoms with Gasteiger partial charge in [0, 0.05) is 17.5 Å². The van der Waals surface area contributed by atoms with Crippen molar-refractivity contribution < 1.29 is 14.3 Å². The second-order valence-corrected chi connectivity index (χ2v) is 7.53. The number of hydrogen-bond acceptors (Lipinski definition) is 5. The van der Waals surface area contributed by atoms with Gasteiger partial charge in [-0.1, -0.05) is 32.9 Å². The third-order valence-electron chi connectivity index (χ3n) is 5.31. The molecule has 0 bridgehead atoms.